The third-order valence-corrected chi connectivity index (χ3v) is 3.71. The predicted octanol–water partition coefficient (Wildman–Crippen LogP) is 2.39. The van der Waals surface area contributed by atoms with Gasteiger partial charge >= 0.3 is 6.03 Å². The largest absolute Gasteiger partial charge is 0.372 e. The van der Waals surface area contributed by atoms with Gasteiger partial charge in [0.25, 0.3) is 0 Å². The molecule has 2 unspecified atom stereocenters. The van der Waals surface area contributed by atoms with Crippen LogP contribution in [0.3, 0.4) is 0 Å². The number of morpholine rings is 1. The quantitative estimate of drug-likeness (QED) is 0.869. The van der Waals surface area contributed by atoms with Crippen LogP contribution in [0.5, 0.6) is 0 Å². The number of nitrogens with zero attached hydrogens (tertiary/aromatic N) is 1. The highest BCUT2D eigenvalue weighted by atomic mass is 16.5. The lowest BCUT2D eigenvalue weighted by molar-refractivity contribution is -0.0544. The highest BCUT2D eigenvalue weighted by Gasteiger charge is 2.25. The molecule has 5 heteroatoms. The molecule has 1 aromatic rings. The number of urea groups is 1. The number of hydrogen-bond acceptors (Lipinski definition) is 3. The monoisotopic (exact) mass is 304 g/mol. The van der Waals surface area contributed by atoms with E-state index in [2.05, 4.69) is 5.32 Å². The average Bonchev–Trinajstić information content (AvgIpc) is 2.46. The van der Waals surface area contributed by atoms with Crippen LogP contribution in [-0.2, 0) is 4.74 Å². The molecular weight excluding hydrogens is 280 g/mol. The second-order valence-corrected chi connectivity index (χ2v) is 5.93. The lowest BCUT2D eigenvalue weighted by atomic mass is 10.1. The standard InChI is InChI=1S/C17H24N2O3/c1-12-4-6-15(7-5-12)16(20)8-9-18-17(21)19-10-13(2)22-14(3)11-19/h4-7,13-14H,8-11H2,1-3H3,(H,18,21). The van der Waals surface area contributed by atoms with Gasteiger partial charge in [-0.3, -0.25) is 4.79 Å². The Hall–Kier alpha value is -1.88. The SMILES string of the molecule is Cc1ccc(C(=O)CCNC(=O)N2CC(C)OC(C)C2)cc1. The van der Waals surface area contributed by atoms with E-state index >= 15 is 0 Å². The Kier molecular flexibility index (Phi) is 5.55. The summed E-state index contributed by atoms with van der Waals surface area (Å²) in [4.78, 5) is 25.9. The third kappa shape index (κ3) is 4.56. The van der Waals surface area contributed by atoms with Crippen LogP contribution in [0.15, 0.2) is 24.3 Å². The van der Waals surface area contributed by atoms with Gasteiger partial charge < -0.3 is 15.0 Å². The van der Waals surface area contributed by atoms with Gasteiger partial charge in [-0.15, -0.1) is 0 Å². The van der Waals surface area contributed by atoms with Crippen molar-refractivity contribution in [2.24, 2.45) is 0 Å². The van der Waals surface area contributed by atoms with Crippen molar-refractivity contribution in [3.8, 4) is 0 Å². The number of benzene rings is 1. The number of Topliss-reactive ketones (excluding diaryl/α,β-unsaturated/α-hetero) is 1. The molecule has 1 N–H and O–H groups in total. The molecule has 22 heavy (non-hydrogen) atoms. The maximum absolute atomic E-state index is 12.1. The topological polar surface area (TPSA) is 58.6 Å². The molecule has 0 spiro atoms. The number of ether oxygens (including phenoxy) is 1. The van der Waals surface area contributed by atoms with Crippen molar-refractivity contribution in [1.82, 2.24) is 10.2 Å². The van der Waals surface area contributed by atoms with E-state index < -0.39 is 0 Å². The molecule has 0 aliphatic carbocycles. The first-order valence-corrected chi connectivity index (χ1v) is 7.74. The molecule has 0 radical (unpaired) electrons. The van der Waals surface area contributed by atoms with Crippen LogP contribution in [0, 0.1) is 6.92 Å². The van der Waals surface area contributed by atoms with Crippen LogP contribution in [-0.4, -0.2) is 48.6 Å². The second-order valence-electron chi connectivity index (χ2n) is 5.93. The number of ketones is 1. The van der Waals surface area contributed by atoms with Crippen LogP contribution >= 0.6 is 0 Å². The van der Waals surface area contributed by atoms with Crippen molar-refractivity contribution in [3.63, 3.8) is 0 Å². The first-order valence-electron chi connectivity index (χ1n) is 7.74. The Morgan fingerprint density at radius 3 is 2.36 bits per heavy atom. The van der Waals surface area contributed by atoms with Crippen LogP contribution in [0.2, 0.25) is 0 Å². The van der Waals surface area contributed by atoms with Gasteiger partial charge in [0.05, 0.1) is 12.2 Å². The van der Waals surface area contributed by atoms with Gasteiger partial charge in [0.2, 0.25) is 0 Å². The van der Waals surface area contributed by atoms with Gasteiger partial charge in [0.1, 0.15) is 0 Å². The molecule has 1 saturated heterocycles. The fourth-order valence-electron chi connectivity index (χ4n) is 2.62. The van der Waals surface area contributed by atoms with E-state index in [1.165, 1.54) is 0 Å². The summed E-state index contributed by atoms with van der Waals surface area (Å²) in [5.41, 5.74) is 1.81. The molecular formula is C17H24N2O3. The van der Waals surface area contributed by atoms with Crippen LogP contribution in [0.4, 0.5) is 4.79 Å². The second kappa shape index (κ2) is 7.40. The third-order valence-electron chi connectivity index (χ3n) is 3.71. The van der Waals surface area contributed by atoms with Crippen LogP contribution in [0.25, 0.3) is 0 Å². The van der Waals surface area contributed by atoms with E-state index in [0.717, 1.165) is 5.56 Å². The highest BCUT2D eigenvalue weighted by Crippen LogP contribution is 2.10. The van der Waals surface area contributed by atoms with Crippen molar-refractivity contribution in [2.75, 3.05) is 19.6 Å². The zero-order chi connectivity index (χ0) is 16.1. The molecule has 2 atom stereocenters. The minimum atomic E-state index is -0.126. The van der Waals surface area contributed by atoms with E-state index in [4.69, 9.17) is 4.74 Å². The molecule has 2 amide bonds. The normalized spacial score (nSPS) is 21.5. The van der Waals surface area contributed by atoms with Crippen LogP contribution in [0.1, 0.15) is 36.2 Å². The maximum Gasteiger partial charge on any atom is 0.317 e. The summed E-state index contributed by atoms with van der Waals surface area (Å²) in [6, 6.07) is 7.36. The number of rotatable bonds is 4. The summed E-state index contributed by atoms with van der Waals surface area (Å²) >= 11 is 0. The van der Waals surface area contributed by atoms with Crippen LogP contribution < -0.4 is 5.32 Å². The molecule has 1 heterocycles. The van der Waals surface area contributed by atoms with Gasteiger partial charge in [-0.05, 0) is 20.8 Å². The Morgan fingerprint density at radius 1 is 1.18 bits per heavy atom. The number of nitrogens with one attached hydrogen (secondary N) is 1. The van der Waals surface area contributed by atoms with Crippen molar-refractivity contribution in [1.29, 1.82) is 0 Å². The zero-order valence-corrected chi connectivity index (χ0v) is 13.5. The first-order chi connectivity index (χ1) is 10.5. The van der Waals surface area contributed by atoms with E-state index in [1.807, 2.05) is 45.0 Å². The first kappa shape index (κ1) is 16.5. The Balaban J connectivity index is 1.77. The minimum absolute atomic E-state index is 0.0451. The summed E-state index contributed by atoms with van der Waals surface area (Å²) in [6.45, 7) is 7.42. The molecule has 0 bridgehead atoms. The Bertz CT molecular complexity index is 517. The average molecular weight is 304 g/mol. The molecule has 0 saturated carbocycles. The fraction of sp³-hybridized carbons (Fsp3) is 0.529. The van der Waals surface area contributed by atoms with E-state index in [1.54, 1.807) is 4.90 Å². The molecule has 2 rings (SSSR count). The maximum atomic E-state index is 12.1. The number of aryl methyl sites for hydroxylation is 1. The highest BCUT2D eigenvalue weighted by molar-refractivity contribution is 5.96. The molecule has 1 fully saturated rings. The molecule has 1 aliphatic rings. The molecule has 120 valence electrons. The van der Waals surface area contributed by atoms with E-state index in [-0.39, 0.29) is 24.0 Å². The van der Waals surface area contributed by atoms with Gasteiger partial charge in [-0.25, -0.2) is 4.79 Å². The zero-order valence-electron chi connectivity index (χ0n) is 13.5. The minimum Gasteiger partial charge on any atom is -0.372 e. The predicted molar refractivity (Wildman–Crippen MR) is 85.1 cm³/mol. The molecule has 5 nitrogen and oxygen atoms in total. The Morgan fingerprint density at radius 2 is 1.77 bits per heavy atom. The smallest absolute Gasteiger partial charge is 0.317 e. The molecule has 1 aromatic carbocycles. The lowest BCUT2D eigenvalue weighted by Gasteiger charge is -2.35. The number of carbonyl (C=O) groups is 2. The summed E-state index contributed by atoms with van der Waals surface area (Å²) in [5.74, 6) is 0.0454. The van der Waals surface area contributed by atoms with Gasteiger partial charge in [-0.1, -0.05) is 29.8 Å². The van der Waals surface area contributed by atoms with Crippen molar-refractivity contribution in [3.05, 3.63) is 35.4 Å². The van der Waals surface area contributed by atoms with Gasteiger partial charge in [0, 0.05) is 31.6 Å². The van der Waals surface area contributed by atoms with Gasteiger partial charge in [-0.2, -0.15) is 0 Å². The van der Waals surface area contributed by atoms with Crippen molar-refractivity contribution in [2.45, 2.75) is 39.4 Å². The van der Waals surface area contributed by atoms with E-state index in [0.29, 0.717) is 31.6 Å². The molecule has 0 aromatic heterocycles. The van der Waals surface area contributed by atoms with Crippen molar-refractivity contribution >= 4 is 11.8 Å². The fourth-order valence-corrected chi connectivity index (χ4v) is 2.62. The summed E-state index contributed by atoms with van der Waals surface area (Å²) in [7, 11) is 0. The van der Waals surface area contributed by atoms with Crippen molar-refractivity contribution < 1.29 is 14.3 Å². The number of hydrogen-bond donors (Lipinski definition) is 1. The molecule has 1 aliphatic heterocycles. The number of carbonyl (C=O) groups excluding carboxylic acids is 2. The lowest BCUT2D eigenvalue weighted by Crippen LogP contribution is -2.51. The summed E-state index contributed by atoms with van der Waals surface area (Å²) < 4.78 is 5.60. The summed E-state index contributed by atoms with van der Waals surface area (Å²) in [6.07, 6.45) is 0.400. The summed E-state index contributed by atoms with van der Waals surface area (Å²) in [5, 5.41) is 2.82. The van der Waals surface area contributed by atoms with E-state index in [9.17, 15) is 9.59 Å². The number of amides is 2. The Labute approximate surface area is 131 Å². The van der Waals surface area contributed by atoms with Gasteiger partial charge in [0.15, 0.2) is 5.78 Å².